The molecule has 9 atom stereocenters. The second-order valence-corrected chi connectivity index (χ2v) is 24.6. The number of halogens is 2. The number of hydrogen-bond acceptors (Lipinski definition) is 15. The fourth-order valence-electron chi connectivity index (χ4n) is 11.5. The van der Waals surface area contributed by atoms with Crippen LogP contribution in [0.3, 0.4) is 0 Å². The van der Waals surface area contributed by atoms with Crippen molar-refractivity contribution in [1.29, 1.82) is 0 Å². The number of carbonyl (C=O) groups is 11. The van der Waals surface area contributed by atoms with Crippen LogP contribution in [0.4, 0.5) is 4.39 Å². The monoisotopic (exact) mass is 1410 g/mol. The van der Waals surface area contributed by atoms with Crippen molar-refractivity contribution < 1.29 is 71.3 Å². The van der Waals surface area contributed by atoms with Crippen molar-refractivity contribution in [3.8, 4) is 5.75 Å². The molecule has 4 bridgehead atoms. The molecular formula is C64H85FIN13O14. The molecule has 11 N–H and O–H groups in total. The maximum Gasteiger partial charge on any atom is 0.246 e. The second kappa shape index (κ2) is 34.6. The van der Waals surface area contributed by atoms with Gasteiger partial charge < -0.3 is 82.2 Å². The SMILES string of the molecule is CNC(=O)CCC(=O)N[C@@H](C)C(=O)N[C@H](CNC(=O)CCOCCI)C(=O)N[C@H]1Cc2cccc(c2)CNC(=O)CO[C@H]2CCN(C(=O)[C@H](Cc3c[nH]c4ccc(F)cc34)NC1=O)[C@@H]2C(=O)N[C@@H](C)CN[C@@H](Cc1ccc(OC)cc1)C(=O)N1CCC[C@@]1(C)C(=O)NC. The Morgan fingerprint density at radius 1 is 0.839 bits per heavy atom. The van der Waals surface area contributed by atoms with E-state index in [9.17, 15) is 38.4 Å². The van der Waals surface area contributed by atoms with Crippen LogP contribution in [0.2, 0.25) is 0 Å². The lowest BCUT2D eigenvalue weighted by molar-refractivity contribution is -0.146. The minimum atomic E-state index is -1.59. The van der Waals surface area contributed by atoms with Gasteiger partial charge in [-0.05, 0) is 99.0 Å². The first-order valence-corrected chi connectivity index (χ1v) is 32.6. The summed E-state index contributed by atoms with van der Waals surface area (Å²) in [5.41, 5.74) is 1.63. The number of H-pyrrole nitrogens is 1. The highest BCUT2D eigenvalue weighted by Crippen LogP contribution is 2.31. The smallest absolute Gasteiger partial charge is 0.246 e. The van der Waals surface area contributed by atoms with Crippen LogP contribution in [-0.2, 0) is 88.0 Å². The Balaban J connectivity index is 1.20. The van der Waals surface area contributed by atoms with Crippen LogP contribution in [0.15, 0.2) is 72.9 Å². The Kier molecular flexibility index (Phi) is 26.8. The van der Waals surface area contributed by atoms with Gasteiger partial charge in [-0.2, -0.15) is 0 Å². The van der Waals surface area contributed by atoms with Crippen molar-refractivity contribution in [2.24, 2.45) is 0 Å². The number of nitrogens with one attached hydrogen (secondary N) is 11. The van der Waals surface area contributed by atoms with Crippen molar-refractivity contribution in [2.75, 3.05) is 71.6 Å². The Bertz CT molecular complexity index is 3340. The number of rotatable bonds is 27. The minimum Gasteiger partial charge on any atom is -0.497 e. The highest BCUT2D eigenvalue weighted by atomic mass is 127. The number of aromatic amines is 1. The number of alkyl halides is 1. The summed E-state index contributed by atoms with van der Waals surface area (Å²) in [4.78, 5) is 160. The summed E-state index contributed by atoms with van der Waals surface area (Å²) in [7, 11) is 4.47. The van der Waals surface area contributed by atoms with Crippen molar-refractivity contribution in [3.05, 3.63) is 101 Å². The molecule has 3 aliphatic rings. The molecule has 0 unspecified atom stereocenters. The number of carbonyl (C=O) groups excluding carboxylic acids is 11. The Morgan fingerprint density at radius 2 is 1.59 bits per heavy atom. The molecule has 2 fully saturated rings. The van der Waals surface area contributed by atoms with Crippen LogP contribution in [0.5, 0.6) is 5.75 Å². The van der Waals surface area contributed by atoms with Crippen LogP contribution < -0.4 is 57.9 Å². The summed E-state index contributed by atoms with van der Waals surface area (Å²) in [5, 5.41) is 27.9. The van der Waals surface area contributed by atoms with Crippen molar-refractivity contribution >= 4 is 98.5 Å². The van der Waals surface area contributed by atoms with Gasteiger partial charge in [0.05, 0.1) is 32.5 Å². The molecule has 93 heavy (non-hydrogen) atoms. The van der Waals surface area contributed by atoms with E-state index in [0.29, 0.717) is 63.8 Å². The molecular weight excluding hydrogens is 1320 g/mol. The van der Waals surface area contributed by atoms with Gasteiger partial charge in [0.15, 0.2) is 0 Å². The summed E-state index contributed by atoms with van der Waals surface area (Å²) in [6.45, 7) is 4.43. The lowest BCUT2D eigenvalue weighted by atomic mass is 9.96. The number of ether oxygens (including phenoxy) is 3. The summed E-state index contributed by atoms with van der Waals surface area (Å²) >= 11 is 2.12. The van der Waals surface area contributed by atoms with Crippen molar-refractivity contribution in [1.82, 2.24) is 68.0 Å². The number of hydrogen-bond donors (Lipinski definition) is 11. The van der Waals surface area contributed by atoms with Gasteiger partial charge in [0.1, 0.15) is 53.9 Å². The number of benzene rings is 3. The average Bonchev–Trinajstić information content (AvgIpc) is 1.72. The van der Waals surface area contributed by atoms with Gasteiger partial charge >= 0.3 is 0 Å². The number of nitrogens with zero attached hydrogens (tertiary/aromatic N) is 2. The van der Waals surface area contributed by atoms with E-state index in [-0.39, 0.29) is 83.0 Å². The van der Waals surface area contributed by atoms with E-state index < -0.39 is 126 Å². The molecule has 504 valence electrons. The van der Waals surface area contributed by atoms with Gasteiger partial charge in [-0.15, -0.1) is 0 Å². The minimum absolute atomic E-state index is 0.0154. The normalized spacial score (nSPS) is 20.6. The second-order valence-electron chi connectivity index (χ2n) is 23.5. The Hall–Kier alpha value is -8.29. The lowest BCUT2D eigenvalue weighted by Crippen LogP contribution is -2.62. The Labute approximate surface area is 552 Å². The van der Waals surface area contributed by atoms with Crippen LogP contribution in [0, 0.1) is 5.82 Å². The number of fused-ring (bicyclic) bond motifs is 5. The molecule has 4 aromatic rings. The zero-order valence-corrected chi connectivity index (χ0v) is 55.3. The van der Waals surface area contributed by atoms with E-state index >= 15 is 18.8 Å². The number of likely N-dealkylation sites (N-methyl/N-ethyl adjacent to an activating group) is 1. The molecule has 2 saturated heterocycles. The molecule has 0 aliphatic carbocycles. The van der Waals surface area contributed by atoms with Gasteiger partial charge in [0.2, 0.25) is 65.0 Å². The quantitative estimate of drug-likeness (QED) is 0.0213. The van der Waals surface area contributed by atoms with Crippen molar-refractivity contribution in [3.63, 3.8) is 0 Å². The molecule has 4 heterocycles. The van der Waals surface area contributed by atoms with Gasteiger partial charge in [-0.1, -0.05) is 59.0 Å². The van der Waals surface area contributed by atoms with Gasteiger partial charge in [-0.25, -0.2) is 4.39 Å². The first kappa shape index (κ1) is 72.1. The molecule has 29 heteroatoms. The maximum absolute atomic E-state index is 15.6. The third kappa shape index (κ3) is 20.1. The first-order chi connectivity index (χ1) is 44.5. The molecule has 0 spiro atoms. The highest BCUT2D eigenvalue weighted by molar-refractivity contribution is 14.1. The lowest BCUT2D eigenvalue weighted by Gasteiger charge is -2.36. The fourth-order valence-corrected chi connectivity index (χ4v) is 11.9. The summed E-state index contributed by atoms with van der Waals surface area (Å²) < 4.78 is 32.7. The van der Waals surface area contributed by atoms with E-state index in [1.807, 2.05) is 12.1 Å². The summed E-state index contributed by atoms with van der Waals surface area (Å²) in [5.74, 6) is -6.97. The standard InChI is InChI=1S/C64H85FIN13O14/c1-37(32-69-48(28-39-11-14-44(91-6)15-12-39)62(89)79-23-8-21-64(79,3)63(90)68-5)73-60(87)56-51-19-24-78(56)61(88)49(30-42-34-70-46-16-13-43(65)31-45(42)46)76-58(85)47(29-40-9-7-10-41(27-40)33-71-55(83)36-93-51)75-59(86)50(35-72-53(81)20-25-92-26-22-66)77-57(84)38(2)74-54(82)18-17-52(80)67-4/h7,9-16,27,31,34,37-38,47-51,56,69-70H,8,17-26,28-30,32-33,35-36H2,1-6H3,(H,67,80)(H,68,90)(H,71,83)(H,72,81)(H,73,87)(H,74,82)(H,75,86)(H,76,85)(H,77,84)/t37-,38-,47-,48-,49-,50+,51-,56-,64-/m0/s1. The predicted molar refractivity (Wildman–Crippen MR) is 347 cm³/mol. The van der Waals surface area contributed by atoms with E-state index in [0.717, 1.165) is 5.56 Å². The first-order valence-electron chi connectivity index (χ1n) is 31.1. The molecule has 3 aliphatic heterocycles. The largest absolute Gasteiger partial charge is 0.497 e. The summed E-state index contributed by atoms with van der Waals surface area (Å²) in [6, 6.07) is 8.99. The number of methoxy groups -OCH3 is 1. The molecule has 1 aromatic heterocycles. The van der Waals surface area contributed by atoms with Crippen LogP contribution in [0.1, 0.15) is 81.5 Å². The van der Waals surface area contributed by atoms with E-state index in [1.54, 1.807) is 68.5 Å². The van der Waals surface area contributed by atoms with Gasteiger partial charge in [-0.3, -0.25) is 52.7 Å². The third-order valence-electron chi connectivity index (χ3n) is 16.7. The molecule has 27 nitrogen and oxygen atoms in total. The zero-order chi connectivity index (χ0) is 67.4. The third-order valence-corrected chi connectivity index (χ3v) is 17.1. The van der Waals surface area contributed by atoms with Crippen LogP contribution >= 0.6 is 22.6 Å². The molecule has 11 amide bonds. The highest BCUT2D eigenvalue weighted by Gasteiger charge is 2.48. The van der Waals surface area contributed by atoms with Crippen molar-refractivity contribution in [2.45, 2.75) is 139 Å². The number of likely N-dealkylation sites (tertiary alicyclic amines) is 1. The van der Waals surface area contributed by atoms with E-state index in [1.165, 1.54) is 44.1 Å². The van der Waals surface area contributed by atoms with Crippen LogP contribution in [0.25, 0.3) is 10.9 Å². The topological polar surface area (TPSA) is 358 Å². The average molecular weight is 1410 g/mol. The van der Waals surface area contributed by atoms with Gasteiger partial charge in [0, 0.05) is 106 Å². The Morgan fingerprint density at radius 3 is 2.32 bits per heavy atom. The molecule has 7 rings (SSSR count). The van der Waals surface area contributed by atoms with Gasteiger partial charge in [0.25, 0.3) is 0 Å². The fraction of sp³-hybridized carbons (Fsp3) is 0.516. The number of amides is 11. The van der Waals surface area contributed by atoms with E-state index in [2.05, 4.69) is 80.7 Å². The van der Waals surface area contributed by atoms with E-state index in [4.69, 9.17) is 14.2 Å². The summed E-state index contributed by atoms with van der Waals surface area (Å²) in [6.07, 6.45) is 0.725. The maximum atomic E-state index is 15.6. The molecule has 0 radical (unpaired) electrons. The van der Waals surface area contributed by atoms with Crippen LogP contribution in [-0.4, -0.2) is 205 Å². The predicted octanol–water partition coefficient (Wildman–Crippen LogP) is -0.00740. The zero-order valence-electron chi connectivity index (χ0n) is 53.1. The number of aromatic nitrogens is 1. The molecule has 0 saturated carbocycles. The molecule has 3 aromatic carbocycles.